The molecule has 1 heterocycles. The van der Waals surface area contributed by atoms with Gasteiger partial charge < -0.3 is 15.0 Å². The average Bonchev–Trinajstić information content (AvgIpc) is 2.95. The summed E-state index contributed by atoms with van der Waals surface area (Å²) < 4.78 is 18.5. The monoisotopic (exact) mass is 407 g/mol. The molecule has 2 rings (SSSR count). The van der Waals surface area contributed by atoms with Gasteiger partial charge in [0.25, 0.3) is 0 Å². The van der Waals surface area contributed by atoms with Crippen molar-refractivity contribution in [1.82, 2.24) is 9.80 Å². The summed E-state index contributed by atoms with van der Waals surface area (Å²) in [6, 6.07) is 5.71. The zero-order valence-electron chi connectivity index (χ0n) is 17.7. The molecular weight excluding hydrogens is 373 g/mol. The first-order valence-corrected chi connectivity index (χ1v) is 10.7. The number of carbonyl (C=O) groups is 2. The molecule has 1 aromatic rings. The molecule has 1 saturated heterocycles. The molecule has 0 spiro atoms. The lowest BCUT2D eigenvalue weighted by molar-refractivity contribution is -0.117. The van der Waals surface area contributed by atoms with Crippen LogP contribution in [0, 0.1) is 11.7 Å². The maximum atomic E-state index is 13.0. The highest BCUT2D eigenvalue weighted by atomic mass is 19.1. The molecule has 0 aromatic heterocycles. The predicted molar refractivity (Wildman–Crippen MR) is 112 cm³/mol. The van der Waals surface area contributed by atoms with Crippen LogP contribution in [0.1, 0.15) is 46.0 Å². The van der Waals surface area contributed by atoms with E-state index in [9.17, 15) is 14.0 Å². The van der Waals surface area contributed by atoms with Gasteiger partial charge in [0, 0.05) is 31.9 Å². The first-order chi connectivity index (χ1) is 14.0. The summed E-state index contributed by atoms with van der Waals surface area (Å²) in [5.41, 5.74) is 0.574. The molecule has 6 nitrogen and oxygen atoms in total. The Bertz CT molecular complexity index is 639. The summed E-state index contributed by atoms with van der Waals surface area (Å²) in [7, 11) is 0. The van der Waals surface area contributed by atoms with E-state index in [1.54, 1.807) is 4.90 Å². The Morgan fingerprint density at radius 3 is 2.59 bits per heavy atom. The molecule has 0 aliphatic carbocycles. The smallest absolute Gasteiger partial charge is 0.409 e. The molecular formula is C22H34FN3O3. The number of rotatable bonds is 9. The highest BCUT2D eigenvalue weighted by Crippen LogP contribution is 2.14. The van der Waals surface area contributed by atoms with Crippen molar-refractivity contribution < 1.29 is 18.7 Å². The van der Waals surface area contributed by atoms with Crippen molar-refractivity contribution in [3.05, 3.63) is 30.1 Å². The number of halogens is 1. The zero-order chi connectivity index (χ0) is 21.1. The predicted octanol–water partition coefficient (Wildman–Crippen LogP) is 4.12. The highest BCUT2D eigenvalue weighted by Gasteiger charge is 2.22. The number of nitrogens with zero attached hydrogens (tertiary/aromatic N) is 2. The van der Waals surface area contributed by atoms with Crippen LogP contribution in [0.2, 0.25) is 0 Å². The van der Waals surface area contributed by atoms with Crippen molar-refractivity contribution in [2.24, 2.45) is 5.92 Å². The number of carbonyl (C=O) groups excluding carboxylic acids is 2. The van der Waals surface area contributed by atoms with Gasteiger partial charge in [0.2, 0.25) is 5.91 Å². The first-order valence-electron chi connectivity index (χ1n) is 10.7. The zero-order valence-corrected chi connectivity index (χ0v) is 17.7. The number of nitrogens with one attached hydrogen (secondary N) is 1. The molecule has 1 fully saturated rings. The van der Waals surface area contributed by atoms with Crippen molar-refractivity contribution in [2.45, 2.75) is 46.0 Å². The summed E-state index contributed by atoms with van der Waals surface area (Å²) in [6.07, 6.45) is 4.97. The van der Waals surface area contributed by atoms with Crippen molar-refractivity contribution in [3.8, 4) is 0 Å². The van der Waals surface area contributed by atoms with Crippen LogP contribution in [0.5, 0.6) is 0 Å². The summed E-state index contributed by atoms with van der Waals surface area (Å²) >= 11 is 0. The van der Waals surface area contributed by atoms with Gasteiger partial charge in [-0.3, -0.25) is 9.69 Å². The maximum Gasteiger partial charge on any atom is 0.409 e. The van der Waals surface area contributed by atoms with Gasteiger partial charge in [0.05, 0.1) is 13.2 Å². The van der Waals surface area contributed by atoms with Crippen LogP contribution >= 0.6 is 0 Å². The number of benzene rings is 1. The average molecular weight is 408 g/mol. The van der Waals surface area contributed by atoms with Gasteiger partial charge in [-0.25, -0.2) is 9.18 Å². The quantitative estimate of drug-likeness (QED) is 0.669. The van der Waals surface area contributed by atoms with E-state index in [0.717, 1.165) is 38.6 Å². The lowest BCUT2D eigenvalue weighted by atomic mass is 10.0. The van der Waals surface area contributed by atoms with Crippen LogP contribution in [0.25, 0.3) is 0 Å². The number of ether oxygens (including phenoxy) is 1. The van der Waals surface area contributed by atoms with Crippen molar-refractivity contribution in [1.29, 1.82) is 0 Å². The molecule has 1 aliphatic rings. The van der Waals surface area contributed by atoms with Gasteiger partial charge >= 0.3 is 6.09 Å². The van der Waals surface area contributed by atoms with E-state index in [4.69, 9.17) is 4.74 Å². The third-order valence-corrected chi connectivity index (χ3v) is 5.33. The minimum absolute atomic E-state index is 0.144. The van der Waals surface area contributed by atoms with E-state index in [1.165, 1.54) is 24.3 Å². The lowest BCUT2D eigenvalue weighted by Gasteiger charge is -2.22. The Morgan fingerprint density at radius 2 is 1.90 bits per heavy atom. The number of unbranched alkanes of at least 4 members (excludes halogenated alkanes) is 1. The Labute approximate surface area is 173 Å². The highest BCUT2D eigenvalue weighted by molar-refractivity contribution is 5.92. The third kappa shape index (κ3) is 8.40. The number of hydrogen-bond donors (Lipinski definition) is 1. The van der Waals surface area contributed by atoms with Crippen LogP contribution in [-0.4, -0.2) is 61.1 Å². The van der Waals surface area contributed by atoms with Crippen molar-refractivity contribution >= 4 is 17.7 Å². The molecule has 1 atom stereocenters. The van der Waals surface area contributed by atoms with E-state index in [2.05, 4.69) is 19.2 Å². The Morgan fingerprint density at radius 1 is 1.14 bits per heavy atom. The number of amides is 2. The van der Waals surface area contributed by atoms with Crippen molar-refractivity contribution in [2.75, 3.05) is 44.6 Å². The summed E-state index contributed by atoms with van der Waals surface area (Å²) in [4.78, 5) is 28.4. The Kier molecular flexibility index (Phi) is 9.91. The van der Waals surface area contributed by atoms with Gasteiger partial charge in [-0.15, -0.1) is 0 Å². The van der Waals surface area contributed by atoms with Crippen LogP contribution < -0.4 is 5.32 Å². The molecule has 0 radical (unpaired) electrons. The van der Waals surface area contributed by atoms with Crippen LogP contribution in [0.4, 0.5) is 14.9 Å². The second kappa shape index (κ2) is 12.4. The van der Waals surface area contributed by atoms with Gasteiger partial charge in [0.15, 0.2) is 0 Å². The number of hydrogen-bond acceptors (Lipinski definition) is 4. The molecule has 0 saturated carbocycles. The van der Waals surface area contributed by atoms with Crippen molar-refractivity contribution in [3.63, 3.8) is 0 Å². The maximum absolute atomic E-state index is 13.0. The van der Waals surface area contributed by atoms with E-state index < -0.39 is 0 Å². The molecule has 1 aliphatic heterocycles. The Hall–Kier alpha value is -2.15. The van der Waals surface area contributed by atoms with Gasteiger partial charge in [0.1, 0.15) is 5.82 Å². The van der Waals surface area contributed by atoms with E-state index >= 15 is 0 Å². The molecule has 162 valence electrons. The SMILES string of the molecule is CCCCC(CC)COC(=O)N1CCCN(CC(=O)Nc2ccc(F)cc2)CC1. The van der Waals surface area contributed by atoms with Gasteiger partial charge in [-0.2, -0.15) is 0 Å². The fourth-order valence-electron chi connectivity index (χ4n) is 3.43. The normalized spacial score (nSPS) is 16.2. The molecule has 1 unspecified atom stereocenters. The number of anilines is 1. The minimum Gasteiger partial charge on any atom is -0.449 e. The first kappa shape index (κ1) is 23.1. The molecule has 1 N–H and O–H groups in total. The van der Waals surface area contributed by atoms with Crippen LogP contribution in [0.15, 0.2) is 24.3 Å². The molecule has 7 heteroatoms. The minimum atomic E-state index is -0.335. The summed E-state index contributed by atoms with van der Waals surface area (Å²) in [5, 5.41) is 2.77. The second-order valence-electron chi connectivity index (χ2n) is 7.67. The summed E-state index contributed by atoms with van der Waals surface area (Å²) in [6.45, 7) is 7.59. The summed E-state index contributed by atoms with van der Waals surface area (Å²) in [5.74, 6) is -0.0509. The van der Waals surface area contributed by atoms with E-state index in [-0.39, 0.29) is 24.4 Å². The molecule has 29 heavy (non-hydrogen) atoms. The van der Waals surface area contributed by atoms with Gasteiger partial charge in [-0.05, 0) is 43.0 Å². The molecule has 2 amide bonds. The lowest BCUT2D eigenvalue weighted by Crippen LogP contribution is -2.38. The largest absolute Gasteiger partial charge is 0.449 e. The van der Waals surface area contributed by atoms with E-state index in [1.807, 2.05) is 4.90 Å². The third-order valence-electron chi connectivity index (χ3n) is 5.33. The Balaban J connectivity index is 1.73. The topological polar surface area (TPSA) is 61.9 Å². The van der Waals surface area contributed by atoms with Crippen LogP contribution in [0.3, 0.4) is 0 Å². The fourth-order valence-corrected chi connectivity index (χ4v) is 3.43. The second-order valence-corrected chi connectivity index (χ2v) is 7.67. The fraction of sp³-hybridized carbons (Fsp3) is 0.636. The molecule has 0 bridgehead atoms. The van der Waals surface area contributed by atoms with Crippen LogP contribution in [-0.2, 0) is 9.53 Å². The van der Waals surface area contributed by atoms with Gasteiger partial charge in [-0.1, -0.05) is 33.1 Å². The van der Waals surface area contributed by atoms with E-state index in [0.29, 0.717) is 37.8 Å². The molecule has 1 aromatic carbocycles. The standard InChI is InChI=1S/C22H34FN3O3/c1-3-5-7-18(4-2)17-29-22(28)26-13-6-12-25(14-15-26)16-21(27)24-20-10-8-19(23)9-11-20/h8-11,18H,3-7,12-17H2,1-2H3,(H,24,27).